The van der Waals surface area contributed by atoms with Gasteiger partial charge in [-0.3, -0.25) is 9.59 Å². The highest BCUT2D eigenvalue weighted by Gasteiger charge is 2.37. The van der Waals surface area contributed by atoms with Crippen LogP contribution >= 0.6 is 11.6 Å². The van der Waals surface area contributed by atoms with Crippen LogP contribution in [0.4, 0.5) is 0 Å². The fraction of sp³-hybridized carbons (Fsp3) is 0.333. The number of carbonyl (C=O) groups is 3. The minimum atomic E-state index is -1.04. The first-order valence-corrected chi connectivity index (χ1v) is 9.61. The second kappa shape index (κ2) is 9.05. The molecular weight excluding hydrogens is 396 g/mol. The Bertz CT molecular complexity index is 921. The van der Waals surface area contributed by atoms with Crippen molar-refractivity contribution in [3.63, 3.8) is 0 Å². The van der Waals surface area contributed by atoms with E-state index in [4.69, 9.17) is 20.8 Å². The van der Waals surface area contributed by atoms with Gasteiger partial charge in [-0.05, 0) is 43.7 Å². The van der Waals surface area contributed by atoms with E-state index in [1.54, 1.807) is 24.3 Å². The summed E-state index contributed by atoms with van der Waals surface area (Å²) in [5.74, 6) is -0.597. The molecule has 0 radical (unpaired) electrons. The predicted molar refractivity (Wildman–Crippen MR) is 106 cm³/mol. The van der Waals surface area contributed by atoms with Crippen LogP contribution in [0.5, 0.6) is 0 Å². The van der Waals surface area contributed by atoms with Crippen molar-refractivity contribution in [3.05, 3.63) is 59.0 Å². The standard InChI is InChI=1S/C21H21ClN2O5/c1-13(25)5-10-20(26)29-14(2)21(27)24-18(19-4-3-11-28-19)12-17(23-24)15-6-8-16(22)9-7-15/h3-4,6-9,11,14,18H,5,10,12H2,1-2H3/t14-,18-/m1/s1. The predicted octanol–water partition coefficient (Wildman–Crippen LogP) is 3.91. The number of esters is 1. The molecule has 0 N–H and O–H groups in total. The van der Waals surface area contributed by atoms with E-state index in [0.29, 0.717) is 22.9 Å². The Hall–Kier alpha value is -2.93. The number of rotatable bonds is 7. The van der Waals surface area contributed by atoms with Gasteiger partial charge in [-0.1, -0.05) is 23.7 Å². The zero-order valence-electron chi connectivity index (χ0n) is 16.1. The van der Waals surface area contributed by atoms with Gasteiger partial charge in [0.2, 0.25) is 0 Å². The zero-order chi connectivity index (χ0) is 21.0. The molecule has 1 aromatic heterocycles. The SMILES string of the molecule is CC(=O)CCC(=O)O[C@H](C)C(=O)N1N=C(c2ccc(Cl)cc2)C[C@@H]1c1ccco1. The summed E-state index contributed by atoms with van der Waals surface area (Å²) in [6.45, 7) is 2.88. The first kappa shape index (κ1) is 20.8. The van der Waals surface area contributed by atoms with Crippen LogP contribution < -0.4 is 0 Å². The normalized spacial score (nSPS) is 17.0. The molecule has 1 aromatic carbocycles. The Morgan fingerprint density at radius 3 is 2.59 bits per heavy atom. The van der Waals surface area contributed by atoms with Gasteiger partial charge in [0, 0.05) is 17.9 Å². The van der Waals surface area contributed by atoms with Gasteiger partial charge in [0.1, 0.15) is 17.6 Å². The average Bonchev–Trinajstić information content (AvgIpc) is 3.36. The van der Waals surface area contributed by atoms with E-state index in [9.17, 15) is 14.4 Å². The second-order valence-electron chi connectivity index (χ2n) is 6.81. The van der Waals surface area contributed by atoms with Crippen LogP contribution in [0.3, 0.4) is 0 Å². The molecule has 1 aliphatic heterocycles. The molecule has 2 atom stereocenters. The topological polar surface area (TPSA) is 89.2 Å². The van der Waals surface area contributed by atoms with E-state index in [1.165, 1.54) is 25.1 Å². The van der Waals surface area contributed by atoms with Crippen LogP contribution in [-0.2, 0) is 19.1 Å². The quantitative estimate of drug-likeness (QED) is 0.638. The molecule has 0 saturated carbocycles. The molecule has 0 unspecified atom stereocenters. The number of hydrazone groups is 1. The van der Waals surface area contributed by atoms with Crippen molar-refractivity contribution in [1.82, 2.24) is 5.01 Å². The van der Waals surface area contributed by atoms with Crippen molar-refractivity contribution in [2.45, 2.75) is 45.3 Å². The summed E-state index contributed by atoms with van der Waals surface area (Å²) in [7, 11) is 0. The van der Waals surface area contributed by atoms with E-state index < -0.39 is 24.0 Å². The highest BCUT2D eigenvalue weighted by atomic mass is 35.5. The van der Waals surface area contributed by atoms with Gasteiger partial charge in [-0.25, -0.2) is 5.01 Å². The minimum Gasteiger partial charge on any atom is -0.467 e. The van der Waals surface area contributed by atoms with Crippen LogP contribution in [0, 0.1) is 0 Å². The summed E-state index contributed by atoms with van der Waals surface area (Å²) >= 11 is 5.95. The van der Waals surface area contributed by atoms with Crippen molar-refractivity contribution < 1.29 is 23.5 Å². The van der Waals surface area contributed by atoms with Crippen LogP contribution in [0.1, 0.15) is 50.5 Å². The first-order chi connectivity index (χ1) is 13.8. The third-order valence-electron chi connectivity index (χ3n) is 4.52. The number of nitrogens with zero attached hydrogens (tertiary/aromatic N) is 2. The van der Waals surface area contributed by atoms with Gasteiger partial charge in [0.25, 0.3) is 5.91 Å². The minimum absolute atomic E-state index is 0.0616. The number of hydrogen-bond acceptors (Lipinski definition) is 6. The van der Waals surface area contributed by atoms with Crippen molar-refractivity contribution >= 4 is 35.0 Å². The monoisotopic (exact) mass is 416 g/mol. The van der Waals surface area contributed by atoms with Crippen molar-refractivity contribution in [2.24, 2.45) is 5.10 Å². The van der Waals surface area contributed by atoms with E-state index in [-0.39, 0.29) is 18.6 Å². The van der Waals surface area contributed by atoms with Crippen LogP contribution in [-0.4, -0.2) is 34.5 Å². The Balaban J connectivity index is 1.78. The number of halogens is 1. The Kier molecular flexibility index (Phi) is 6.49. The number of furan rings is 1. The third-order valence-corrected chi connectivity index (χ3v) is 4.77. The number of benzene rings is 1. The fourth-order valence-corrected chi connectivity index (χ4v) is 3.13. The Morgan fingerprint density at radius 1 is 1.24 bits per heavy atom. The fourth-order valence-electron chi connectivity index (χ4n) is 3.00. The van der Waals surface area contributed by atoms with Crippen LogP contribution in [0.2, 0.25) is 5.02 Å². The molecule has 1 amide bonds. The lowest BCUT2D eigenvalue weighted by molar-refractivity contribution is -0.160. The maximum atomic E-state index is 13.0. The van der Waals surface area contributed by atoms with Crippen molar-refractivity contribution in [2.75, 3.05) is 0 Å². The Labute approximate surface area is 173 Å². The van der Waals surface area contributed by atoms with Crippen molar-refractivity contribution in [3.8, 4) is 0 Å². The molecule has 2 aromatic rings. The summed E-state index contributed by atoms with van der Waals surface area (Å²) in [5.41, 5.74) is 1.54. The molecule has 2 heterocycles. The van der Waals surface area contributed by atoms with Gasteiger partial charge < -0.3 is 13.9 Å². The van der Waals surface area contributed by atoms with Crippen LogP contribution in [0.25, 0.3) is 0 Å². The van der Waals surface area contributed by atoms with Gasteiger partial charge in [0.15, 0.2) is 6.10 Å². The molecule has 0 bridgehead atoms. The maximum absolute atomic E-state index is 13.0. The van der Waals surface area contributed by atoms with E-state index in [2.05, 4.69) is 5.10 Å². The van der Waals surface area contributed by atoms with E-state index >= 15 is 0 Å². The lowest BCUT2D eigenvalue weighted by Crippen LogP contribution is -2.37. The van der Waals surface area contributed by atoms with Gasteiger partial charge >= 0.3 is 5.97 Å². The molecule has 0 saturated heterocycles. The average molecular weight is 417 g/mol. The molecule has 8 heteroatoms. The molecule has 152 valence electrons. The Morgan fingerprint density at radius 2 is 1.97 bits per heavy atom. The van der Waals surface area contributed by atoms with E-state index in [0.717, 1.165) is 5.56 Å². The van der Waals surface area contributed by atoms with Crippen LogP contribution in [0.15, 0.2) is 52.2 Å². The number of Topliss-reactive ketones (excluding diaryl/α,β-unsaturated/α-hetero) is 1. The van der Waals surface area contributed by atoms with Gasteiger partial charge in [-0.2, -0.15) is 5.10 Å². The van der Waals surface area contributed by atoms with E-state index in [1.807, 2.05) is 12.1 Å². The molecule has 0 aliphatic carbocycles. The second-order valence-corrected chi connectivity index (χ2v) is 7.24. The summed E-state index contributed by atoms with van der Waals surface area (Å²) in [5, 5.41) is 6.38. The molecule has 7 nitrogen and oxygen atoms in total. The summed E-state index contributed by atoms with van der Waals surface area (Å²) in [6, 6.07) is 10.2. The summed E-state index contributed by atoms with van der Waals surface area (Å²) in [4.78, 5) is 35.9. The molecule has 0 fully saturated rings. The van der Waals surface area contributed by atoms with Gasteiger partial charge in [-0.15, -0.1) is 0 Å². The highest BCUT2D eigenvalue weighted by molar-refractivity contribution is 6.30. The number of hydrogen-bond donors (Lipinski definition) is 0. The summed E-state index contributed by atoms with van der Waals surface area (Å²) < 4.78 is 10.7. The number of carbonyl (C=O) groups excluding carboxylic acids is 3. The third kappa shape index (κ3) is 5.12. The zero-order valence-corrected chi connectivity index (χ0v) is 16.9. The lowest BCUT2D eigenvalue weighted by Gasteiger charge is -2.23. The number of ketones is 1. The molecule has 3 rings (SSSR count). The summed E-state index contributed by atoms with van der Waals surface area (Å²) in [6.07, 6.45) is 0.959. The molecule has 0 spiro atoms. The maximum Gasteiger partial charge on any atom is 0.307 e. The molecule has 29 heavy (non-hydrogen) atoms. The molecule has 1 aliphatic rings. The lowest BCUT2D eigenvalue weighted by atomic mass is 10.0. The highest BCUT2D eigenvalue weighted by Crippen LogP contribution is 2.34. The smallest absolute Gasteiger partial charge is 0.307 e. The van der Waals surface area contributed by atoms with Gasteiger partial charge in [0.05, 0.1) is 18.4 Å². The number of ether oxygens (including phenoxy) is 1. The largest absolute Gasteiger partial charge is 0.467 e. The first-order valence-electron chi connectivity index (χ1n) is 9.24. The number of amides is 1. The molecular formula is C21H21ClN2O5. The van der Waals surface area contributed by atoms with Crippen molar-refractivity contribution in [1.29, 1.82) is 0 Å².